The van der Waals surface area contributed by atoms with Crippen LogP contribution in [0.3, 0.4) is 0 Å². The number of aryl methyl sites for hydroxylation is 1. The first-order chi connectivity index (χ1) is 5.98. The van der Waals surface area contributed by atoms with E-state index in [9.17, 15) is 13.2 Å². The molecule has 0 amide bonds. The number of fused-ring (bicyclic) bond motifs is 1. The van der Waals surface area contributed by atoms with Crippen LogP contribution in [0.2, 0.25) is 0 Å². The first-order valence-electron chi connectivity index (χ1n) is 3.49. The molecule has 2 aromatic heterocycles. The normalized spacial score (nSPS) is 12.6. The molecule has 6 heteroatoms. The van der Waals surface area contributed by atoms with Crippen LogP contribution in [0.4, 0.5) is 13.2 Å². The van der Waals surface area contributed by atoms with Crippen molar-refractivity contribution in [1.29, 1.82) is 0 Å². The monoisotopic (exact) mass is 190 g/mol. The molecule has 70 valence electrons. The molecule has 13 heavy (non-hydrogen) atoms. The van der Waals surface area contributed by atoms with Crippen LogP contribution in [0.5, 0.6) is 0 Å². The van der Waals surface area contributed by atoms with Crippen molar-refractivity contribution in [3.63, 3.8) is 0 Å². The number of aromatic nitrogens is 2. The van der Waals surface area contributed by atoms with Crippen molar-refractivity contribution in [3.05, 3.63) is 23.7 Å². The number of nitrogens with zero attached hydrogens (tertiary/aromatic N) is 2. The Morgan fingerprint density at radius 3 is 2.69 bits per heavy atom. The average Bonchev–Trinajstić information content (AvgIpc) is 2.51. The number of oxazole rings is 1. The van der Waals surface area contributed by atoms with E-state index in [2.05, 4.69) is 5.10 Å². The third-order valence-corrected chi connectivity index (χ3v) is 1.65. The van der Waals surface area contributed by atoms with Crippen molar-refractivity contribution < 1.29 is 17.6 Å². The van der Waals surface area contributed by atoms with Gasteiger partial charge in [0.1, 0.15) is 6.26 Å². The van der Waals surface area contributed by atoms with Gasteiger partial charge in [-0.3, -0.25) is 0 Å². The standard InChI is InChI=1S/C7H5F3N2O/c1-4-3-13-6-2-5(7(8,9)10)11-12(4)6/h2-3H,1H3. The van der Waals surface area contributed by atoms with Gasteiger partial charge in [0, 0.05) is 6.07 Å². The fourth-order valence-corrected chi connectivity index (χ4v) is 1.03. The van der Waals surface area contributed by atoms with Gasteiger partial charge in [0.25, 0.3) is 0 Å². The Hall–Kier alpha value is -1.46. The quantitative estimate of drug-likeness (QED) is 0.637. The highest BCUT2D eigenvalue weighted by Crippen LogP contribution is 2.29. The zero-order valence-electron chi connectivity index (χ0n) is 6.59. The predicted octanol–water partition coefficient (Wildman–Crippen LogP) is 2.25. The van der Waals surface area contributed by atoms with E-state index >= 15 is 0 Å². The number of alkyl halides is 3. The predicted molar refractivity (Wildman–Crippen MR) is 37.2 cm³/mol. The summed E-state index contributed by atoms with van der Waals surface area (Å²) in [7, 11) is 0. The molecule has 0 aliphatic heterocycles. The van der Waals surface area contributed by atoms with E-state index in [4.69, 9.17) is 4.42 Å². The van der Waals surface area contributed by atoms with E-state index in [-0.39, 0.29) is 5.71 Å². The van der Waals surface area contributed by atoms with Gasteiger partial charge in [0.15, 0.2) is 5.69 Å². The second-order valence-electron chi connectivity index (χ2n) is 2.65. The fourth-order valence-electron chi connectivity index (χ4n) is 1.03. The molecule has 0 unspecified atom stereocenters. The van der Waals surface area contributed by atoms with Gasteiger partial charge >= 0.3 is 6.18 Å². The van der Waals surface area contributed by atoms with Crippen LogP contribution in [0.1, 0.15) is 11.4 Å². The van der Waals surface area contributed by atoms with Gasteiger partial charge in [-0.1, -0.05) is 0 Å². The lowest BCUT2D eigenvalue weighted by molar-refractivity contribution is -0.141. The lowest BCUT2D eigenvalue weighted by Crippen LogP contribution is -2.06. The summed E-state index contributed by atoms with van der Waals surface area (Å²) in [5.41, 5.74) is -0.301. The summed E-state index contributed by atoms with van der Waals surface area (Å²) in [5, 5.41) is 3.34. The largest absolute Gasteiger partial charge is 0.445 e. The summed E-state index contributed by atoms with van der Waals surface area (Å²) in [6, 6.07) is 0.868. The molecule has 0 saturated heterocycles. The Morgan fingerprint density at radius 2 is 2.15 bits per heavy atom. The van der Waals surface area contributed by atoms with Crippen molar-refractivity contribution >= 4 is 5.71 Å². The summed E-state index contributed by atoms with van der Waals surface area (Å²) in [4.78, 5) is 0. The van der Waals surface area contributed by atoms with Crippen molar-refractivity contribution in [3.8, 4) is 0 Å². The van der Waals surface area contributed by atoms with Gasteiger partial charge < -0.3 is 4.42 Å². The Kier molecular flexibility index (Phi) is 1.43. The highest BCUT2D eigenvalue weighted by molar-refractivity contribution is 5.37. The number of hydrogen-bond donors (Lipinski definition) is 0. The minimum Gasteiger partial charge on any atom is -0.445 e. The van der Waals surface area contributed by atoms with Gasteiger partial charge in [0.2, 0.25) is 5.71 Å². The summed E-state index contributed by atoms with van der Waals surface area (Å²) in [5.74, 6) is 0. The molecular weight excluding hydrogens is 185 g/mol. The highest BCUT2D eigenvalue weighted by Gasteiger charge is 2.34. The Labute approximate surface area is 70.8 Å². The molecule has 3 nitrogen and oxygen atoms in total. The smallest absolute Gasteiger partial charge is 0.435 e. The second kappa shape index (κ2) is 2.27. The summed E-state index contributed by atoms with van der Waals surface area (Å²) >= 11 is 0. The molecule has 0 aliphatic carbocycles. The van der Waals surface area contributed by atoms with E-state index in [1.54, 1.807) is 6.92 Å². The van der Waals surface area contributed by atoms with Crippen LogP contribution in [-0.4, -0.2) is 9.61 Å². The number of halogens is 3. The fraction of sp³-hybridized carbons (Fsp3) is 0.286. The van der Waals surface area contributed by atoms with Gasteiger partial charge in [-0.2, -0.15) is 18.3 Å². The molecule has 2 heterocycles. The van der Waals surface area contributed by atoms with E-state index in [0.717, 1.165) is 10.6 Å². The highest BCUT2D eigenvalue weighted by atomic mass is 19.4. The lowest BCUT2D eigenvalue weighted by atomic mass is 10.4. The maximum atomic E-state index is 12.1. The molecule has 0 bridgehead atoms. The Balaban J connectivity index is 2.63. The first kappa shape index (κ1) is 8.15. The lowest BCUT2D eigenvalue weighted by Gasteiger charge is -1.98. The second-order valence-corrected chi connectivity index (χ2v) is 2.65. The van der Waals surface area contributed by atoms with E-state index in [0.29, 0.717) is 5.69 Å². The molecule has 2 aromatic rings. The first-order valence-corrected chi connectivity index (χ1v) is 3.49. The summed E-state index contributed by atoms with van der Waals surface area (Å²) < 4.78 is 42.3. The summed E-state index contributed by atoms with van der Waals surface area (Å²) in [6.45, 7) is 1.61. The molecule has 0 atom stereocenters. The maximum Gasteiger partial charge on any atom is 0.435 e. The average molecular weight is 190 g/mol. The van der Waals surface area contributed by atoms with E-state index < -0.39 is 11.9 Å². The Bertz CT molecular complexity index is 440. The van der Waals surface area contributed by atoms with Crippen LogP contribution in [0.15, 0.2) is 16.7 Å². The molecule has 0 fully saturated rings. The molecule has 2 rings (SSSR count). The van der Waals surface area contributed by atoms with Crippen molar-refractivity contribution in [2.24, 2.45) is 0 Å². The van der Waals surface area contributed by atoms with Crippen LogP contribution >= 0.6 is 0 Å². The zero-order valence-corrected chi connectivity index (χ0v) is 6.59. The van der Waals surface area contributed by atoms with Crippen molar-refractivity contribution in [2.45, 2.75) is 13.1 Å². The van der Waals surface area contributed by atoms with Crippen LogP contribution in [0.25, 0.3) is 5.71 Å². The van der Waals surface area contributed by atoms with E-state index in [1.165, 1.54) is 6.26 Å². The number of hydrogen-bond acceptors (Lipinski definition) is 2. The van der Waals surface area contributed by atoms with Crippen molar-refractivity contribution in [1.82, 2.24) is 9.61 Å². The molecule has 0 saturated carbocycles. The van der Waals surface area contributed by atoms with Gasteiger partial charge in [0.05, 0.1) is 5.69 Å². The Morgan fingerprint density at radius 1 is 1.46 bits per heavy atom. The topological polar surface area (TPSA) is 30.4 Å². The molecule has 0 aliphatic rings. The van der Waals surface area contributed by atoms with Gasteiger partial charge in [-0.05, 0) is 6.92 Å². The van der Waals surface area contributed by atoms with Gasteiger partial charge in [-0.15, -0.1) is 0 Å². The summed E-state index contributed by atoms with van der Waals surface area (Å²) in [6.07, 6.45) is -3.07. The molecule has 0 N–H and O–H groups in total. The van der Waals surface area contributed by atoms with Gasteiger partial charge in [-0.25, -0.2) is 4.52 Å². The van der Waals surface area contributed by atoms with E-state index in [1.807, 2.05) is 0 Å². The maximum absolute atomic E-state index is 12.1. The SMILES string of the molecule is Cc1coc2cc(C(F)(F)F)nn12. The van der Waals surface area contributed by atoms with Crippen LogP contribution in [-0.2, 0) is 6.18 Å². The van der Waals surface area contributed by atoms with Crippen LogP contribution in [0, 0.1) is 6.92 Å². The third-order valence-electron chi connectivity index (χ3n) is 1.65. The molecule has 0 aromatic carbocycles. The van der Waals surface area contributed by atoms with Crippen LogP contribution < -0.4 is 0 Å². The minimum atomic E-state index is -4.42. The molecule has 0 radical (unpaired) electrons. The molecular formula is C7H5F3N2O. The minimum absolute atomic E-state index is 0.102. The van der Waals surface area contributed by atoms with Crippen molar-refractivity contribution in [2.75, 3.05) is 0 Å². The number of rotatable bonds is 0. The third kappa shape index (κ3) is 1.18. The zero-order chi connectivity index (χ0) is 9.64. The molecule has 0 spiro atoms.